The van der Waals surface area contributed by atoms with E-state index in [-0.39, 0.29) is 6.10 Å². The molecule has 1 N–H and O–H groups in total. The van der Waals surface area contributed by atoms with Crippen molar-refractivity contribution in [3.8, 4) is 0 Å². The fraction of sp³-hybridized carbons (Fsp3) is 0.357. The summed E-state index contributed by atoms with van der Waals surface area (Å²) in [6.07, 6.45) is -0.166. The van der Waals surface area contributed by atoms with E-state index in [0.717, 1.165) is 16.2 Å². The molecular weight excluding hydrogens is 324 g/mol. The maximum atomic E-state index is 5.96. The van der Waals surface area contributed by atoms with Crippen molar-refractivity contribution in [2.45, 2.75) is 30.9 Å². The van der Waals surface area contributed by atoms with E-state index >= 15 is 0 Å². The van der Waals surface area contributed by atoms with Gasteiger partial charge in [-0.2, -0.15) is 4.98 Å². The predicted octanol–water partition coefficient (Wildman–Crippen LogP) is 3.99. The Hall–Kier alpha value is -1.57. The second kappa shape index (κ2) is 6.68. The van der Waals surface area contributed by atoms with Crippen LogP contribution in [0.1, 0.15) is 31.7 Å². The Balaban J connectivity index is 1.66. The molecule has 0 aliphatic rings. The number of nitrogens with zero attached hydrogens (tertiary/aromatic N) is 3. The molecule has 3 aromatic rings. The van der Waals surface area contributed by atoms with E-state index < -0.39 is 0 Å². The maximum Gasteiger partial charge on any atom is 0.237 e. The number of hydrogen-bond donors (Lipinski definition) is 1. The van der Waals surface area contributed by atoms with E-state index in [1.807, 2.05) is 32.0 Å². The lowest BCUT2D eigenvalue weighted by atomic mass is 10.3. The monoisotopic (exact) mass is 338 g/mol. The summed E-state index contributed by atoms with van der Waals surface area (Å²) in [5.74, 6) is 1.65. The molecule has 22 heavy (non-hydrogen) atoms. The van der Waals surface area contributed by atoms with E-state index in [9.17, 15) is 0 Å². The molecule has 2 aromatic heterocycles. The molecule has 0 saturated heterocycles. The fourth-order valence-corrected chi connectivity index (χ4v) is 2.87. The highest BCUT2D eigenvalue weighted by molar-refractivity contribution is 7.98. The van der Waals surface area contributed by atoms with Crippen LogP contribution in [-0.4, -0.2) is 26.7 Å². The summed E-state index contributed by atoms with van der Waals surface area (Å²) < 4.78 is 10.7. The molecule has 3 rings (SSSR count). The maximum absolute atomic E-state index is 5.96. The Labute approximate surface area is 136 Å². The second-order valence-electron chi connectivity index (χ2n) is 4.64. The molecule has 0 saturated carbocycles. The van der Waals surface area contributed by atoms with Gasteiger partial charge in [-0.3, -0.25) is 0 Å². The minimum absolute atomic E-state index is 0.166. The topological polar surface area (TPSA) is 76.8 Å². The molecule has 0 radical (unpaired) electrons. The highest BCUT2D eigenvalue weighted by atomic mass is 35.5. The summed E-state index contributed by atoms with van der Waals surface area (Å²) in [7, 11) is 0. The first kappa shape index (κ1) is 15.3. The molecule has 2 heterocycles. The van der Waals surface area contributed by atoms with Gasteiger partial charge in [0.05, 0.1) is 16.8 Å². The number of ether oxygens (including phenoxy) is 1. The number of fused-ring (bicyclic) bond motifs is 1. The Morgan fingerprint density at radius 3 is 3.09 bits per heavy atom. The molecule has 8 heteroatoms. The number of thioether (sulfide) groups is 1. The normalized spacial score (nSPS) is 12.9. The van der Waals surface area contributed by atoms with Crippen molar-refractivity contribution in [2.24, 2.45) is 0 Å². The van der Waals surface area contributed by atoms with Gasteiger partial charge in [-0.15, -0.1) is 0 Å². The number of hydrogen-bond acceptors (Lipinski definition) is 6. The molecule has 0 bridgehead atoms. The van der Waals surface area contributed by atoms with E-state index in [0.29, 0.717) is 29.1 Å². The average molecular weight is 339 g/mol. The van der Waals surface area contributed by atoms with Crippen molar-refractivity contribution in [1.82, 2.24) is 20.1 Å². The van der Waals surface area contributed by atoms with Crippen molar-refractivity contribution in [2.75, 3.05) is 6.61 Å². The van der Waals surface area contributed by atoms with Gasteiger partial charge in [0.15, 0.2) is 11.0 Å². The lowest BCUT2D eigenvalue weighted by Crippen LogP contribution is -2.01. The highest BCUT2D eigenvalue weighted by Crippen LogP contribution is 2.24. The Kier molecular flexibility index (Phi) is 4.66. The van der Waals surface area contributed by atoms with Gasteiger partial charge >= 0.3 is 0 Å². The Morgan fingerprint density at radius 1 is 1.41 bits per heavy atom. The molecule has 0 amide bonds. The summed E-state index contributed by atoms with van der Waals surface area (Å²) in [6.45, 7) is 4.44. The van der Waals surface area contributed by atoms with Crippen molar-refractivity contribution in [1.29, 1.82) is 0 Å². The van der Waals surface area contributed by atoms with Crippen molar-refractivity contribution in [3.05, 3.63) is 34.9 Å². The molecule has 0 aliphatic carbocycles. The zero-order valence-corrected chi connectivity index (χ0v) is 13.7. The van der Waals surface area contributed by atoms with Crippen molar-refractivity contribution < 1.29 is 9.26 Å². The molecular formula is C14H15ClN4O2S. The van der Waals surface area contributed by atoms with Crippen LogP contribution in [0.25, 0.3) is 11.0 Å². The molecule has 116 valence electrons. The number of halogens is 1. The number of rotatable bonds is 6. The van der Waals surface area contributed by atoms with E-state index in [1.54, 1.807) is 0 Å². The minimum atomic E-state index is -0.166. The van der Waals surface area contributed by atoms with Gasteiger partial charge in [-0.05, 0) is 32.0 Å². The molecule has 0 unspecified atom stereocenters. The SMILES string of the molecule is CCO[C@@H](C)c1noc(CSc2nc3ccc(Cl)cc3[nH]2)n1. The van der Waals surface area contributed by atoms with Crippen LogP contribution in [0.5, 0.6) is 0 Å². The van der Waals surface area contributed by atoms with Crippen LogP contribution in [0.15, 0.2) is 27.9 Å². The Bertz CT molecular complexity index is 773. The number of H-pyrrole nitrogens is 1. The number of benzene rings is 1. The van der Waals surface area contributed by atoms with Gasteiger partial charge in [0.2, 0.25) is 5.89 Å². The molecule has 1 atom stereocenters. The third-order valence-electron chi connectivity index (χ3n) is 3.02. The highest BCUT2D eigenvalue weighted by Gasteiger charge is 2.14. The number of aromatic nitrogens is 4. The fourth-order valence-electron chi connectivity index (χ4n) is 1.97. The first-order valence-electron chi connectivity index (χ1n) is 6.88. The largest absolute Gasteiger partial charge is 0.371 e. The van der Waals surface area contributed by atoms with Gasteiger partial charge in [-0.25, -0.2) is 4.98 Å². The number of nitrogens with one attached hydrogen (secondary N) is 1. The van der Waals surface area contributed by atoms with Crippen molar-refractivity contribution in [3.63, 3.8) is 0 Å². The molecule has 0 aliphatic heterocycles. The predicted molar refractivity (Wildman–Crippen MR) is 85.0 cm³/mol. The lowest BCUT2D eigenvalue weighted by Gasteiger charge is -2.04. The standard InChI is InChI=1S/C14H15ClN4O2S/c1-3-20-8(2)13-18-12(21-19-13)7-22-14-16-10-5-4-9(15)6-11(10)17-14/h4-6,8H,3,7H2,1-2H3,(H,16,17)/t8-/m0/s1. The zero-order chi connectivity index (χ0) is 15.5. The summed E-state index contributed by atoms with van der Waals surface area (Å²) in [4.78, 5) is 12.0. The first-order valence-corrected chi connectivity index (χ1v) is 8.24. The average Bonchev–Trinajstić information content (AvgIpc) is 3.11. The van der Waals surface area contributed by atoms with Crippen LogP contribution in [0.4, 0.5) is 0 Å². The van der Waals surface area contributed by atoms with Crippen LogP contribution in [0.2, 0.25) is 5.02 Å². The smallest absolute Gasteiger partial charge is 0.237 e. The second-order valence-corrected chi connectivity index (χ2v) is 6.04. The van der Waals surface area contributed by atoms with Crippen LogP contribution in [-0.2, 0) is 10.5 Å². The number of imidazole rings is 1. The summed E-state index contributed by atoms with van der Waals surface area (Å²) in [5.41, 5.74) is 1.79. The third kappa shape index (κ3) is 3.43. The number of aromatic amines is 1. The first-order chi connectivity index (χ1) is 10.7. The molecule has 1 aromatic carbocycles. The van der Waals surface area contributed by atoms with Crippen LogP contribution in [0, 0.1) is 0 Å². The molecule has 0 spiro atoms. The van der Waals surface area contributed by atoms with E-state index in [1.165, 1.54) is 11.8 Å². The minimum Gasteiger partial charge on any atom is -0.371 e. The molecule has 6 nitrogen and oxygen atoms in total. The van der Waals surface area contributed by atoms with Crippen molar-refractivity contribution >= 4 is 34.4 Å². The van der Waals surface area contributed by atoms with Crippen LogP contribution >= 0.6 is 23.4 Å². The van der Waals surface area contributed by atoms with E-state index in [2.05, 4.69) is 20.1 Å². The third-order valence-corrected chi connectivity index (χ3v) is 4.11. The van der Waals surface area contributed by atoms with Gasteiger partial charge in [0.25, 0.3) is 0 Å². The van der Waals surface area contributed by atoms with Gasteiger partial charge in [0, 0.05) is 11.6 Å². The quantitative estimate of drug-likeness (QED) is 0.685. The van der Waals surface area contributed by atoms with Gasteiger partial charge < -0.3 is 14.2 Å². The lowest BCUT2D eigenvalue weighted by molar-refractivity contribution is 0.0683. The molecule has 0 fully saturated rings. The van der Waals surface area contributed by atoms with Crippen LogP contribution < -0.4 is 0 Å². The Morgan fingerprint density at radius 2 is 2.27 bits per heavy atom. The summed E-state index contributed by atoms with van der Waals surface area (Å²) >= 11 is 7.46. The van der Waals surface area contributed by atoms with Gasteiger partial charge in [0.1, 0.15) is 6.10 Å². The van der Waals surface area contributed by atoms with Crippen LogP contribution in [0.3, 0.4) is 0 Å². The summed E-state index contributed by atoms with van der Waals surface area (Å²) in [5, 5.41) is 5.40. The summed E-state index contributed by atoms with van der Waals surface area (Å²) in [6, 6.07) is 5.55. The zero-order valence-electron chi connectivity index (χ0n) is 12.2. The van der Waals surface area contributed by atoms with E-state index in [4.69, 9.17) is 20.9 Å². The van der Waals surface area contributed by atoms with Gasteiger partial charge in [-0.1, -0.05) is 28.5 Å².